The summed E-state index contributed by atoms with van der Waals surface area (Å²) >= 11 is 5.82. The number of rotatable bonds is 5. The Morgan fingerprint density at radius 2 is 2.40 bits per heavy atom. The molecule has 1 atom stereocenters. The highest BCUT2D eigenvalue weighted by molar-refractivity contribution is 6.32. The third kappa shape index (κ3) is 3.67. The summed E-state index contributed by atoms with van der Waals surface area (Å²) in [6, 6.07) is 3.70. The molecule has 1 heterocycles. The zero-order valence-electron chi connectivity index (χ0n) is 10.6. The summed E-state index contributed by atoms with van der Waals surface area (Å²) in [5.41, 5.74) is 0. The molecule has 0 aliphatic carbocycles. The molecule has 0 saturated carbocycles. The van der Waals surface area contributed by atoms with E-state index in [-0.39, 0.29) is 23.2 Å². The molecular formula is C12H12ClFN4O2. The highest BCUT2D eigenvalue weighted by Crippen LogP contribution is 2.25. The summed E-state index contributed by atoms with van der Waals surface area (Å²) in [7, 11) is 0. The number of halogens is 2. The molecule has 1 aromatic carbocycles. The molecule has 8 heteroatoms. The molecule has 0 fully saturated rings. The van der Waals surface area contributed by atoms with Gasteiger partial charge in [-0.25, -0.2) is 9.37 Å². The minimum absolute atomic E-state index is 0.111. The summed E-state index contributed by atoms with van der Waals surface area (Å²) in [6.07, 6.45) is 0.570. The maximum Gasteiger partial charge on any atom is 0.261 e. The van der Waals surface area contributed by atoms with Gasteiger partial charge >= 0.3 is 0 Å². The van der Waals surface area contributed by atoms with Crippen molar-refractivity contribution in [3.05, 3.63) is 41.2 Å². The number of hydrogen-bond donors (Lipinski definition) is 2. The summed E-state index contributed by atoms with van der Waals surface area (Å²) in [5.74, 6) is -0.0349. The van der Waals surface area contributed by atoms with Crippen LogP contribution in [0.5, 0.6) is 5.75 Å². The molecule has 6 nitrogen and oxygen atoms in total. The third-order valence-corrected chi connectivity index (χ3v) is 2.76. The first-order valence-corrected chi connectivity index (χ1v) is 6.17. The van der Waals surface area contributed by atoms with Crippen LogP contribution in [0.3, 0.4) is 0 Å². The predicted molar refractivity (Wildman–Crippen MR) is 69.7 cm³/mol. The first-order valence-electron chi connectivity index (χ1n) is 5.80. The van der Waals surface area contributed by atoms with Crippen LogP contribution in [0.4, 0.5) is 4.39 Å². The van der Waals surface area contributed by atoms with Crippen molar-refractivity contribution in [1.29, 1.82) is 0 Å². The fourth-order valence-electron chi connectivity index (χ4n) is 1.45. The molecule has 106 valence electrons. The Kier molecular flexibility index (Phi) is 4.52. The van der Waals surface area contributed by atoms with E-state index >= 15 is 0 Å². The lowest BCUT2D eigenvalue weighted by atomic mass is 10.3. The van der Waals surface area contributed by atoms with E-state index in [1.54, 1.807) is 6.92 Å². The molecule has 0 bridgehead atoms. The number of benzene rings is 1. The second-order valence-electron chi connectivity index (χ2n) is 3.98. The number of nitrogens with one attached hydrogen (secondary N) is 2. The molecule has 2 rings (SSSR count). The highest BCUT2D eigenvalue weighted by Gasteiger charge is 2.16. The first-order chi connectivity index (χ1) is 9.56. The minimum atomic E-state index is -0.777. The summed E-state index contributed by atoms with van der Waals surface area (Å²) in [6.45, 7) is 1.78. The quantitative estimate of drug-likeness (QED) is 0.880. The number of nitrogens with zero attached hydrogens (tertiary/aromatic N) is 2. The zero-order chi connectivity index (χ0) is 14.5. The van der Waals surface area contributed by atoms with Crippen LogP contribution in [-0.4, -0.2) is 27.2 Å². The fourth-order valence-corrected chi connectivity index (χ4v) is 1.66. The molecular weight excluding hydrogens is 287 g/mol. The van der Waals surface area contributed by atoms with Gasteiger partial charge in [-0.1, -0.05) is 11.6 Å². The molecule has 0 radical (unpaired) electrons. The normalized spacial score (nSPS) is 11.9. The third-order valence-electron chi connectivity index (χ3n) is 2.46. The van der Waals surface area contributed by atoms with Crippen molar-refractivity contribution in [3.8, 4) is 5.75 Å². The number of aromatic amines is 1. The van der Waals surface area contributed by atoms with Gasteiger partial charge in [-0.15, -0.1) is 0 Å². The van der Waals surface area contributed by atoms with E-state index in [4.69, 9.17) is 16.3 Å². The molecule has 1 aromatic heterocycles. The second kappa shape index (κ2) is 6.33. The SMILES string of the molecule is C[C@H](Oc1ccc(F)cc1Cl)C(=O)NCc1ncn[nH]1. The van der Waals surface area contributed by atoms with Gasteiger partial charge in [0.1, 0.15) is 23.7 Å². The summed E-state index contributed by atoms with van der Waals surface area (Å²) < 4.78 is 18.3. The van der Waals surface area contributed by atoms with Crippen molar-refractivity contribution in [3.63, 3.8) is 0 Å². The molecule has 2 N–H and O–H groups in total. The van der Waals surface area contributed by atoms with Crippen LogP contribution in [-0.2, 0) is 11.3 Å². The lowest BCUT2D eigenvalue weighted by Gasteiger charge is -2.15. The van der Waals surface area contributed by atoms with Crippen molar-refractivity contribution >= 4 is 17.5 Å². The topological polar surface area (TPSA) is 79.9 Å². The highest BCUT2D eigenvalue weighted by atomic mass is 35.5. The molecule has 1 amide bonds. The maximum absolute atomic E-state index is 12.9. The lowest BCUT2D eigenvalue weighted by molar-refractivity contribution is -0.127. The van der Waals surface area contributed by atoms with Gasteiger partial charge in [-0.05, 0) is 25.1 Å². The second-order valence-corrected chi connectivity index (χ2v) is 4.39. The van der Waals surface area contributed by atoms with Crippen LogP contribution in [0, 0.1) is 5.82 Å². The number of aromatic nitrogens is 3. The van der Waals surface area contributed by atoms with Crippen LogP contribution < -0.4 is 10.1 Å². The summed E-state index contributed by atoms with van der Waals surface area (Å²) in [4.78, 5) is 15.7. The number of ether oxygens (including phenoxy) is 1. The Hall–Kier alpha value is -2.15. The fraction of sp³-hybridized carbons (Fsp3) is 0.250. The van der Waals surface area contributed by atoms with E-state index in [2.05, 4.69) is 20.5 Å². The minimum Gasteiger partial charge on any atom is -0.479 e. The molecule has 0 spiro atoms. The van der Waals surface area contributed by atoms with Gasteiger partial charge in [-0.2, -0.15) is 5.10 Å². The van der Waals surface area contributed by atoms with E-state index in [1.807, 2.05) is 0 Å². The van der Waals surface area contributed by atoms with Gasteiger partial charge in [0.05, 0.1) is 11.6 Å². The molecule has 0 aliphatic rings. The lowest BCUT2D eigenvalue weighted by Crippen LogP contribution is -2.36. The number of amides is 1. The van der Waals surface area contributed by atoms with Crippen molar-refractivity contribution in [2.24, 2.45) is 0 Å². The summed E-state index contributed by atoms with van der Waals surface area (Å²) in [5, 5.41) is 9.01. The number of hydrogen-bond acceptors (Lipinski definition) is 4. The maximum atomic E-state index is 12.9. The monoisotopic (exact) mass is 298 g/mol. The Balaban J connectivity index is 1.90. The standard InChI is InChI=1S/C12H12ClFN4O2/c1-7(12(19)15-5-11-16-6-17-18-11)20-10-3-2-8(14)4-9(10)13/h2-4,6-7H,5H2,1H3,(H,15,19)(H,16,17,18)/t7-/m0/s1. The van der Waals surface area contributed by atoms with Crippen molar-refractivity contribution in [2.75, 3.05) is 0 Å². The first kappa shape index (κ1) is 14.3. The van der Waals surface area contributed by atoms with Gasteiger partial charge in [0.25, 0.3) is 5.91 Å². The molecule has 0 saturated heterocycles. The average Bonchev–Trinajstić information content (AvgIpc) is 2.92. The van der Waals surface area contributed by atoms with Crippen molar-refractivity contribution in [2.45, 2.75) is 19.6 Å². The van der Waals surface area contributed by atoms with Gasteiger partial charge in [0.2, 0.25) is 0 Å². The van der Waals surface area contributed by atoms with E-state index in [1.165, 1.54) is 18.5 Å². The van der Waals surface area contributed by atoms with E-state index in [9.17, 15) is 9.18 Å². The van der Waals surface area contributed by atoms with Crippen LogP contribution in [0.25, 0.3) is 0 Å². The Labute approximate surface area is 119 Å². The predicted octanol–water partition coefficient (Wildman–Crippen LogP) is 1.68. The van der Waals surface area contributed by atoms with Crippen molar-refractivity contribution in [1.82, 2.24) is 20.5 Å². The van der Waals surface area contributed by atoms with Gasteiger partial charge < -0.3 is 10.1 Å². The van der Waals surface area contributed by atoms with E-state index < -0.39 is 11.9 Å². The van der Waals surface area contributed by atoms with Gasteiger partial charge in [0.15, 0.2) is 6.10 Å². The van der Waals surface area contributed by atoms with Gasteiger partial charge in [0, 0.05) is 0 Å². The molecule has 20 heavy (non-hydrogen) atoms. The van der Waals surface area contributed by atoms with Crippen LogP contribution >= 0.6 is 11.6 Å². The van der Waals surface area contributed by atoms with Crippen molar-refractivity contribution < 1.29 is 13.9 Å². The van der Waals surface area contributed by atoms with Gasteiger partial charge in [-0.3, -0.25) is 9.89 Å². The van der Waals surface area contributed by atoms with Crippen LogP contribution in [0.15, 0.2) is 24.5 Å². The number of carbonyl (C=O) groups excluding carboxylic acids is 1. The Morgan fingerprint density at radius 1 is 1.60 bits per heavy atom. The molecule has 0 aliphatic heterocycles. The largest absolute Gasteiger partial charge is 0.479 e. The zero-order valence-corrected chi connectivity index (χ0v) is 11.3. The average molecular weight is 299 g/mol. The smallest absolute Gasteiger partial charge is 0.261 e. The van der Waals surface area contributed by atoms with Crippen LogP contribution in [0.2, 0.25) is 5.02 Å². The Morgan fingerprint density at radius 3 is 3.05 bits per heavy atom. The molecule has 2 aromatic rings. The van der Waals surface area contributed by atoms with Crippen LogP contribution in [0.1, 0.15) is 12.7 Å². The van der Waals surface area contributed by atoms with E-state index in [0.717, 1.165) is 6.07 Å². The van der Waals surface area contributed by atoms with E-state index in [0.29, 0.717) is 5.82 Å². The number of H-pyrrole nitrogens is 1. The Bertz CT molecular complexity index is 591. The number of carbonyl (C=O) groups is 1. The molecule has 0 unspecified atom stereocenters.